The minimum absolute atomic E-state index is 0.856. The van der Waals surface area contributed by atoms with Crippen LogP contribution in [-0.4, -0.2) is 16.0 Å². The van der Waals surface area contributed by atoms with Crippen molar-refractivity contribution in [2.75, 3.05) is 0 Å². The summed E-state index contributed by atoms with van der Waals surface area (Å²) in [5, 5.41) is 11.8. The van der Waals surface area contributed by atoms with Gasteiger partial charge in [0, 0.05) is 11.8 Å². The van der Waals surface area contributed by atoms with Crippen LogP contribution in [0.5, 0.6) is 0 Å². The number of rotatable bonds is 2. The van der Waals surface area contributed by atoms with Gasteiger partial charge in [-0.1, -0.05) is 36.0 Å². The van der Waals surface area contributed by atoms with E-state index in [0.717, 1.165) is 18.5 Å². The third-order valence-corrected chi connectivity index (χ3v) is 3.45. The van der Waals surface area contributed by atoms with E-state index < -0.39 is 0 Å². The Balaban J connectivity index is 2.29. The van der Waals surface area contributed by atoms with Crippen molar-refractivity contribution in [3.05, 3.63) is 53.7 Å². The van der Waals surface area contributed by atoms with Gasteiger partial charge in [0.15, 0.2) is 0 Å². The predicted molar refractivity (Wildman–Crippen MR) is 73.0 cm³/mol. The molecule has 18 heavy (non-hydrogen) atoms. The van der Waals surface area contributed by atoms with E-state index in [2.05, 4.69) is 36.0 Å². The fourth-order valence-electron chi connectivity index (χ4n) is 2.69. The summed E-state index contributed by atoms with van der Waals surface area (Å²) in [4.78, 5) is 0. The van der Waals surface area contributed by atoms with Crippen molar-refractivity contribution in [3.8, 4) is 11.3 Å². The minimum Gasteiger partial charge on any atom is -0.411 e. The molecule has 0 radical (unpaired) electrons. The van der Waals surface area contributed by atoms with Crippen LogP contribution >= 0.6 is 0 Å². The zero-order valence-corrected chi connectivity index (χ0v) is 10.0. The molecule has 1 N–H and O–H groups in total. The third-order valence-electron chi connectivity index (χ3n) is 3.45. The van der Waals surface area contributed by atoms with E-state index >= 15 is 0 Å². The molecule has 0 amide bonds. The molecule has 0 bridgehead atoms. The highest BCUT2D eigenvalue weighted by Gasteiger charge is 2.20. The van der Waals surface area contributed by atoms with Crippen molar-refractivity contribution in [1.82, 2.24) is 4.57 Å². The summed E-state index contributed by atoms with van der Waals surface area (Å²) in [7, 11) is 0. The second-order valence-electron chi connectivity index (χ2n) is 4.40. The van der Waals surface area contributed by atoms with Crippen LogP contribution < -0.4 is 0 Å². The molecule has 3 nitrogen and oxygen atoms in total. The maximum absolute atomic E-state index is 8.72. The Morgan fingerprint density at radius 3 is 2.78 bits per heavy atom. The Morgan fingerprint density at radius 2 is 2.00 bits per heavy atom. The van der Waals surface area contributed by atoms with E-state index in [0.29, 0.717) is 0 Å². The second-order valence-corrected chi connectivity index (χ2v) is 4.40. The van der Waals surface area contributed by atoms with Crippen molar-refractivity contribution < 1.29 is 5.21 Å². The van der Waals surface area contributed by atoms with Crippen LogP contribution in [0.2, 0.25) is 0 Å². The molecular formula is C15H14N2O. The number of aryl methyl sites for hydroxylation is 2. The minimum atomic E-state index is 0.856. The number of hydrogen-bond donors (Lipinski definition) is 1. The van der Waals surface area contributed by atoms with E-state index in [9.17, 15) is 0 Å². The van der Waals surface area contributed by atoms with Gasteiger partial charge < -0.3 is 9.77 Å². The first-order valence-corrected chi connectivity index (χ1v) is 5.97. The average molecular weight is 238 g/mol. The first kappa shape index (κ1) is 10.8. The molecule has 0 saturated heterocycles. The smallest absolute Gasteiger partial charge is 0.0901 e. The number of aromatic nitrogens is 1. The van der Waals surface area contributed by atoms with Gasteiger partial charge in [-0.2, -0.15) is 0 Å². The second kappa shape index (κ2) is 4.18. The topological polar surface area (TPSA) is 37.5 Å². The van der Waals surface area contributed by atoms with E-state index in [4.69, 9.17) is 5.21 Å². The lowest BCUT2D eigenvalue weighted by molar-refractivity contribution is 0.321. The molecule has 0 fully saturated rings. The molecule has 0 unspecified atom stereocenters. The molecule has 0 atom stereocenters. The highest BCUT2D eigenvalue weighted by Crippen LogP contribution is 2.35. The van der Waals surface area contributed by atoms with Gasteiger partial charge in [0.2, 0.25) is 0 Å². The van der Waals surface area contributed by atoms with Crippen LogP contribution in [0.25, 0.3) is 17.5 Å². The zero-order valence-electron chi connectivity index (χ0n) is 10.0. The van der Waals surface area contributed by atoms with Crippen molar-refractivity contribution in [1.29, 1.82) is 0 Å². The Kier molecular flexibility index (Phi) is 2.52. The summed E-state index contributed by atoms with van der Waals surface area (Å²) in [6, 6.07) is 10.5. The van der Waals surface area contributed by atoms with Crippen LogP contribution in [0.15, 0.2) is 42.1 Å². The highest BCUT2D eigenvalue weighted by molar-refractivity contribution is 5.84. The zero-order chi connectivity index (χ0) is 12.5. The summed E-state index contributed by atoms with van der Waals surface area (Å²) >= 11 is 0. The van der Waals surface area contributed by atoms with Gasteiger partial charge in [0.05, 0.1) is 17.6 Å². The third kappa shape index (κ3) is 1.48. The molecule has 90 valence electrons. The lowest BCUT2D eigenvalue weighted by Crippen LogP contribution is -2.05. The molecule has 3 rings (SSSR count). The SMILES string of the molecule is C=Cn1c(/C=N/O)cc2c1-c1ccccc1CC2. The number of fused-ring (bicyclic) bond motifs is 3. The fraction of sp³-hybridized carbons (Fsp3) is 0.133. The van der Waals surface area contributed by atoms with Gasteiger partial charge in [-0.25, -0.2) is 0 Å². The van der Waals surface area contributed by atoms with Crippen LogP contribution in [-0.2, 0) is 12.8 Å². The van der Waals surface area contributed by atoms with E-state index in [1.54, 1.807) is 6.20 Å². The lowest BCUT2D eigenvalue weighted by Gasteiger charge is -2.18. The molecule has 2 aromatic rings. The van der Waals surface area contributed by atoms with Gasteiger partial charge in [0.25, 0.3) is 0 Å². The van der Waals surface area contributed by atoms with E-state index in [-0.39, 0.29) is 0 Å². The summed E-state index contributed by atoms with van der Waals surface area (Å²) in [5.74, 6) is 0. The monoisotopic (exact) mass is 238 g/mol. The van der Waals surface area contributed by atoms with Crippen LogP contribution in [0.3, 0.4) is 0 Å². The highest BCUT2D eigenvalue weighted by atomic mass is 16.4. The molecule has 1 aromatic carbocycles. The predicted octanol–water partition coefficient (Wildman–Crippen LogP) is 3.16. The van der Waals surface area contributed by atoms with Crippen LogP contribution in [0.1, 0.15) is 16.8 Å². The summed E-state index contributed by atoms with van der Waals surface area (Å²) < 4.78 is 1.98. The fourth-order valence-corrected chi connectivity index (χ4v) is 2.69. The van der Waals surface area contributed by atoms with Crippen LogP contribution in [0.4, 0.5) is 0 Å². The van der Waals surface area contributed by atoms with Crippen molar-refractivity contribution >= 4 is 12.4 Å². The van der Waals surface area contributed by atoms with Crippen molar-refractivity contribution in [2.24, 2.45) is 5.16 Å². The van der Waals surface area contributed by atoms with Gasteiger partial charge in [-0.05, 0) is 30.0 Å². The molecule has 1 aliphatic carbocycles. The summed E-state index contributed by atoms with van der Waals surface area (Å²) in [6.07, 6.45) is 5.28. The first-order chi connectivity index (χ1) is 8.85. The quantitative estimate of drug-likeness (QED) is 0.487. The van der Waals surface area contributed by atoms with Crippen LogP contribution in [0, 0.1) is 0 Å². The number of benzene rings is 1. The van der Waals surface area contributed by atoms with Gasteiger partial charge in [-0.15, -0.1) is 0 Å². The Bertz CT molecular complexity index is 638. The largest absolute Gasteiger partial charge is 0.411 e. The average Bonchev–Trinajstić information content (AvgIpc) is 2.77. The van der Waals surface area contributed by atoms with Crippen molar-refractivity contribution in [2.45, 2.75) is 12.8 Å². The molecule has 1 heterocycles. The molecular weight excluding hydrogens is 224 g/mol. The first-order valence-electron chi connectivity index (χ1n) is 5.97. The molecule has 0 spiro atoms. The van der Waals surface area contributed by atoms with Gasteiger partial charge in [-0.3, -0.25) is 0 Å². The Morgan fingerprint density at radius 1 is 1.22 bits per heavy atom. The standard InChI is InChI=1S/C15H14N2O/c1-2-17-13(10-16-18)9-12-8-7-11-5-3-4-6-14(11)15(12)17/h2-6,9-10,18H,1,7-8H2/b16-10+. The summed E-state index contributed by atoms with van der Waals surface area (Å²) in [6.45, 7) is 3.85. The van der Waals surface area contributed by atoms with Gasteiger partial charge >= 0.3 is 0 Å². The summed E-state index contributed by atoms with van der Waals surface area (Å²) in [5.41, 5.74) is 5.91. The maximum Gasteiger partial charge on any atom is 0.0901 e. The molecule has 1 aromatic heterocycles. The molecule has 0 aliphatic heterocycles. The number of hydrogen-bond acceptors (Lipinski definition) is 2. The van der Waals surface area contributed by atoms with E-state index in [1.807, 2.05) is 10.6 Å². The van der Waals surface area contributed by atoms with Crippen molar-refractivity contribution in [3.63, 3.8) is 0 Å². The Hall–Kier alpha value is -2.29. The number of nitrogens with zero attached hydrogens (tertiary/aromatic N) is 2. The van der Waals surface area contributed by atoms with E-state index in [1.165, 1.54) is 28.6 Å². The Labute approximate surface area is 106 Å². The molecule has 3 heteroatoms. The van der Waals surface area contributed by atoms with Gasteiger partial charge in [0.1, 0.15) is 0 Å². The molecule has 1 aliphatic rings. The lowest BCUT2D eigenvalue weighted by atomic mass is 9.90. The molecule has 0 saturated carbocycles. The normalized spacial score (nSPS) is 13.3. The number of oxime groups is 1. The maximum atomic E-state index is 8.72.